The van der Waals surface area contributed by atoms with Crippen molar-refractivity contribution in [2.24, 2.45) is 5.92 Å². The number of nitrogens with one attached hydrogen (secondary N) is 2. The lowest BCUT2D eigenvalue weighted by molar-refractivity contribution is -0.122. The largest absolute Gasteiger partial charge is 0.309 e. The molecule has 2 heterocycles. The van der Waals surface area contributed by atoms with Crippen LogP contribution < -0.4 is 10.6 Å². The quantitative estimate of drug-likeness (QED) is 0.161. The van der Waals surface area contributed by atoms with Crippen LogP contribution in [-0.4, -0.2) is 38.0 Å². The number of amides is 2. The zero-order valence-electron chi connectivity index (χ0n) is 24.9. The van der Waals surface area contributed by atoms with E-state index in [4.69, 9.17) is 0 Å². The summed E-state index contributed by atoms with van der Waals surface area (Å²) in [4.78, 5) is 37.0. The van der Waals surface area contributed by atoms with Crippen molar-refractivity contribution in [1.82, 2.24) is 20.4 Å². The Morgan fingerprint density at radius 3 is 2.21 bits per heavy atom. The second-order valence-electron chi connectivity index (χ2n) is 11.0. The maximum Gasteiger partial charge on any atom is 0.230 e. The third kappa shape index (κ3) is 10.5. The summed E-state index contributed by atoms with van der Waals surface area (Å²) in [7, 11) is 0. The zero-order valence-corrected chi connectivity index (χ0v) is 25.7. The van der Waals surface area contributed by atoms with Crippen LogP contribution >= 0.6 is 11.3 Å². The van der Waals surface area contributed by atoms with Crippen LogP contribution in [-0.2, 0) is 40.1 Å². The lowest BCUT2D eigenvalue weighted by Crippen LogP contribution is -2.16. The zero-order chi connectivity index (χ0) is 30.6. The smallest absolute Gasteiger partial charge is 0.230 e. The molecule has 1 atom stereocenters. The molecule has 4 aromatic rings. The van der Waals surface area contributed by atoms with E-state index >= 15 is 0 Å². The minimum Gasteiger partial charge on any atom is -0.309 e. The van der Waals surface area contributed by atoms with Gasteiger partial charge in [0.2, 0.25) is 16.9 Å². The molecule has 0 saturated heterocycles. The lowest BCUT2D eigenvalue weighted by atomic mass is 9.91. The molecule has 0 aliphatic rings. The van der Waals surface area contributed by atoms with E-state index in [1.165, 1.54) is 11.3 Å². The number of aromatic nitrogens is 4. The van der Waals surface area contributed by atoms with Gasteiger partial charge in [0.25, 0.3) is 0 Å². The van der Waals surface area contributed by atoms with Crippen molar-refractivity contribution in [1.29, 1.82) is 0 Å². The van der Waals surface area contributed by atoms with Gasteiger partial charge in [-0.25, -0.2) is 0 Å². The van der Waals surface area contributed by atoms with Gasteiger partial charge in [-0.05, 0) is 54.0 Å². The SMILES string of the molecule is CC(C)C(=O)CC(C)c1cccc(CC(=O)Nc2ccc(CCCCc3nnc(NC(=O)Cc4ccccc4)s3)nn2)c1. The molecule has 9 nitrogen and oxygen atoms in total. The van der Waals surface area contributed by atoms with E-state index in [9.17, 15) is 14.4 Å². The molecule has 10 heteroatoms. The molecule has 0 saturated carbocycles. The predicted molar refractivity (Wildman–Crippen MR) is 169 cm³/mol. The molecule has 0 radical (unpaired) electrons. The number of aryl methyl sites for hydroxylation is 2. The molecule has 2 amide bonds. The van der Waals surface area contributed by atoms with Gasteiger partial charge in [0, 0.05) is 18.8 Å². The van der Waals surface area contributed by atoms with E-state index in [-0.39, 0.29) is 35.9 Å². The summed E-state index contributed by atoms with van der Waals surface area (Å²) < 4.78 is 0. The van der Waals surface area contributed by atoms with Gasteiger partial charge < -0.3 is 10.6 Å². The van der Waals surface area contributed by atoms with Crippen LogP contribution in [0.4, 0.5) is 10.9 Å². The third-order valence-electron chi connectivity index (χ3n) is 7.02. The highest BCUT2D eigenvalue weighted by Crippen LogP contribution is 2.23. The van der Waals surface area contributed by atoms with E-state index in [2.05, 4.69) is 31.0 Å². The molecule has 1 unspecified atom stereocenters. The predicted octanol–water partition coefficient (Wildman–Crippen LogP) is 5.97. The van der Waals surface area contributed by atoms with Crippen LogP contribution in [0.5, 0.6) is 0 Å². The number of carbonyl (C=O) groups is 3. The number of hydrogen-bond acceptors (Lipinski definition) is 8. The Bertz CT molecular complexity index is 1500. The van der Waals surface area contributed by atoms with Crippen molar-refractivity contribution >= 4 is 39.9 Å². The molecule has 0 spiro atoms. The van der Waals surface area contributed by atoms with Crippen molar-refractivity contribution in [3.8, 4) is 0 Å². The number of anilines is 2. The van der Waals surface area contributed by atoms with Crippen LogP contribution in [0.1, 0.15) is 73.3 Å². The second-order valence-corrected chi connectivity index (χ2v) is 12.1. The first kappa shape index (κ1) is 31.6. The summed E-state index contributed by atoms with van der Waals surface area (Å²) in [5.74, 6) is 0.498. The molecule has 224 valence electrons. The summed E-state index contributed by atoms with van der Waals surface area (Å²) in [6.07, 6.45) is 4.32. The first-order valence-electron chi connectivity index (χ1n) is 14.7. The maximum atomic E-state index is 12.6. The number of nitrogens with zero attached hydrogens (tertiary/aromatic N) is 4. The number of benzene rings is 2. The fourth-order valence-corrected chi connectivity index (χ4v) is 5.33. The molecule has 2 N–H and O–H groups in total. The second kappa shape index (κ2) is 15.8. The summed E-state index contributed by atoms with van der Waals surface area (Å²) in [5.41, 5.74) is 3.75. The van der Waals surface area contributed by atoms with Crippen molar-refractivity contribution in [3.63, 3.8) is 0 Å². The van der Waals surface area contributed by atoms with E-state index in [1.54, 1.807) is 6.07 Å². The van der Waals surface area contributed by atoms with E-state index in [0.717, 1.165) is 53.1 Å². The van der Waals surface area contributed by atoms with E-state index < -0.39 is 0 Å². The Balaban J connectivity index is 1.16. The molecule has 4 rings (SSSR count). The number of ketones is 1. The van der Waals surface area contributed by atoms with Gasteiger partial charge in [0.05, 0.1) is 18.5 Å². The molecule has 0 aliphatic carbocycles. The van der Waals surface area contributed by atoms with Gasteiger partial charge in [-0.3, -0.25) is 14.4 Å². The topological polar surface area (TPSA) is 127 Å². The normalized spacial score (nSPS) is 11.7. The van der Waals surface area contributed by atoms with E-state index in [0.29, 0.717) is 23.8 Å². The van der Waals surface area contributed by atoms with E-state index in [1.807, 2.05) is 81.4 Å². The number of Topliss-reactive ketones (excluding diaryl/α,β-unsaturated/α-hetero) is 1. The molecule has 0 aliphatic heterocycles. The molecular formula is C33H38N6O3S. The molecule has 43 heavy (non-hydrogen) atoms. The molecule has 2 aromatic heterocycles. The summed E-state index contributed by atoms with van der Waals surface area (Å²) in [6, 6.07) is 21.1. The summed E-state index contributed by atoms with van der Waals surface area (Å²) >= 11 is 1.40. The Kier molecular flexibility index (Phi) is 11.6. The average Bonchev–Trinajstić information content (AvgIpc) is 3.43. The maximum absolute atomic E-state index is 12.6. The van der Waals surface area contributed by atoms with Crippen LogP contribution in [0.3, 0.4) is 0 Å². The Morgan fingerprint density at radius 1 is 0.744 bits per heavy atom. The van der Waals surface area contributed by atoms with Crippen molar-refractivity contribution < 1.29 is 14.4 Å². The number of rotatable bonds is 15. The fraction of sp³-hybridized carbons (Fsp3) is 0.364. The Morgan fingerprint density at radius 2 is 1.47 bits per heavy atom. The highest BCUT2D eigenvalue weighted by Gasteiger charge is 2.15. The van der Waals surface area contributed by atoms with Crippen molar-refractivity contribution in [2.45, 2.75) is 71.6 Å². The highest BCUT2D eigenvalue weighted by atomic mass is 32.1. The monoisotopic (exact) mass is 598 g/mol. The van der Waals surface area contributed by atoms with Gasteiger partial charge in [-0.15, -0.1) is 15.3 Å². The number of unbranched alkanes of at least 4 members (excludes halogenated alkanes) is 1. The van der Waals surface area contributed by atoms with Crippen LogP contribution in [0.25, 0.3) is 0 Å². The molecular weight excluding hydrogens is 560 g/mol. The van der Waals surface area contributed by atoms with Crippen molar-refractivity contribution in [3.05, 3.63) is 94.1 Å². The molecule has 0 fully saturated rings. The van der Waals surface area contributed by atoms with Crippen molar-refractivity contribution in [2.75, 3.05) is 10.6 Å². The van der Waals surface area contributed by atoms with Gasteiger partial charge in [0.1, 0.15) is 10.8 Å². The third-order valence-corrected chi connectivity index (χ3v) is 7.92. The summed E-state index contributed by atoms with van der Waals surface area (Å²) in [6.45, 7) is 5.88. The minimum atomic E-state index is -0.169. The van der Waals surface area contributed by atoms with Crippen LogP contribution in [0.15, 0.2) is 66.7 Å². The Labute approximate surface area is 256 Å². The minimum absolute atomic E-state index is 0.0194. The van der Waals surface area contributed by atoms with Crippen LogP contribution in [0.2, 0.25) is 0 Å². The summed E-state index contributed by atoms with van der Waals surface area (Å²) in [5, 5.41) is 23.8. The lowest BCUT2D eigenvalue weighted by Gasteiger charge is -2.14. The highest BCUT2D eigenvalue weighted by molar-refractivity contribution is 7.15. The molecule has 2 aromatic carbocycles. The first-order chi connectivity index (χ1) is 20.7. The number of carbonyl (C=O) groups excluding carboxylic acids is 3. The van der Waals surface area contributed by atoms with Gasteiger partial charge in [0.15, 0.2) is 5.82 Å². The van der Waals surface area contributed by atoms with Gasteiger partial charge >= 0.3 is 0 Å². The molecule has 0 bridgehead atoms. The fourth-order valence-electron chi connectivity index (χ4n) is 4.53. The van der Waals surface area contributed by atoms with Crippen LogP contribution in [0, 0.1) is 5.92 Å². The Hall–Kier alpha value is -4.31. The standard InChI is InChI=1S/C33H38N6O3S/c1-22(2)28(40)18-23(3)26-13-9-12-25(19-26)21-30(41)34-29-17-16-27(36-37-29)14-7-8-15-32-38-39-33(43-32)35-31(42)20-24-10-5-4-6-11-24/h4-6,9-13,16-17,19,22-23H,7-8,14-15,18,20-21H2,1-3H3,(H,34,37,41)(H,35,39,42). The first-order valence-corrected chi connectivity index (χ1v) is 15.5. The average molecular weight is 599 g/mol. The number of hydrogen-bond donors (Lipinski definition) is 2. The van der Waals surface area contributed by atoms with Gasteiger partial charge in [-0.2, -0.15) is 5.10 Å². The van der Waals surface area contributed by atoms with Gasteiger partial charge in [-0.1, -0.05) is 86.7 Å².